The highest BCUT2D eigenvalue weighted by molar-refractivity contribution is 5.71. The molecule has 1 aromatic rings. The molecule has 8 nitrogen and oxygen atoms in total. The third-order valence-corrected chi connectivity index (χ3v) is 1.91. The fourth-order valence-corrected chi connectivity index (χ4v) is 1.04. The average Bonchev–Trinajstić information content (AvgIpc) is 2.61. The van der Waals surface area contributed by atoms with E-state index in [1.165, 1.54) is 6.92 Å². The third kappa shape index (κ3) is 2.27. The highest BCUT2D eigenvalue weighted by atomic mass is 16.6. The molecule has 88 valence electrons. The Labute approximate surface area is 90.6 Å². The second kappa shape index (κ2) is 4.60. The summed E-state index contributed by atoms with van der Waals surface area (Å²) >= 11 is 0. The number of aromatic nitrogens is 2. The van der Waals surface area contributed by atoms with Crippen molar-refractivity contribution in [2.45, 2.75) is 19.9 Å². The van der Waals surface area contributed by atoms with Crippen LogP contribution in [0.4, 0.5) is 5.69 Å². The molecule has 0 aliphatic heterocycles. The molecule has 0 fully saturated rings. The molecule has 0 aromatic carbocycles. The van der Waals surface area contributed by atoms with Crippen molar-refractivity contribution in [1.82, 2.24) is 9.78 Å². The molecule has 1 heterocycles. The van der Waals surface area contributed by atoms with Crippen LogP contribution in [0.1, 0.15) is 19.9 Å². The van der Waals surface area contributed by atoms with Crippen LogP contribution in [0.3, 0.4) is 0 Å². The van der Waals surface area contributed by atoms with Crippen molar-refractivity contribution in [2.24, 2.45) is 0 Å². The summed E-state index contributed by atoms with van der Waals surface area (Å²) < 4.78 is 5.93. The number of carboxylic acid groups (broad SMARTS) is 1. The van der Waals surface area contributed by atoms with E-state index in [1.54, 1.807) is 6.92 Å². The Morgan fingerprint density at radius 3 is 2.88 bits per heavy atom. The summed E-state index contributed by atoms with van der Waals surface area (Å²) in [6.07, 6.45) is 1.05. The Morgan fingerprint density at radius 2 is 2.44 bits per heavy atom. The molecule has 1 rings (SSSR count). The molecule has 0 amide bonds. The predicted octanol–water partition coefficient (Wildman–Crippen LogP) is 0.836. The van der Waals surface area contributed by atoms with Gasteiger partial charge in [-0.15, -0.1) is 5.10 Å². The Bertz CT molecular complexity index is 414. The van der Waals surface area contributed by atoms with Crippen LogP contribution >= 0.6 is 0 Å². The largest absolute Gasteiger partial charge is 0.480 e. The van der Waals surface area contributed by atoms with E-state index in [2.05, 4.69) is 5.10 Å². The van der Waals surface area contributed by atoms with Crippen molar-refractivity contribution in [3.05, 3.63) is 16.3 Å². The molecular formula is C8H11N3O5. The summed E-state index contributed by atoms with van der Waals surface area (Å²) in [7, 11) is 0. The van der Waals surface area contributed by atoms with Crippen LogP contribution < -0.4 is 4.74 Å². The minimum Gasteiger partial charge on any atom is -0.480 e. The Kier molecular flexibility index (Phi) is 3.44. The molecule has 0 aliphatic rings. The minimum atomic E-state index is -1.12. The lowest BCUT2D eigenvalue weighted by molar-refractivity contribution is -0.386. The van der Waals surface area contributed by atoms with E-state index in [4.69, 9.17) is 9.84 Å². The van der Waals surface area contributed by atoms with Crippen molar-refractivity contribution in [1.29, 1.82) is 0 Å². The quantitative estimate of drug-likeness (QED) is 0.592. The van der Waals surface area contributed by atoms with E-state index in [9.17, 15) is 14.9 Å². The van der Waals surface area contributed by atoms with E-state index < -0.39 is 16.9 Å². The topological polar surface area (TPSA) is 107 Å². The number of ether oxygens (including phenoxy) is 1. The summed E-state index contributed by atoms with van der Waals surface area (Å²) in [6, 6.07) is -0.979. The second-order valence-electron chi connectivity index (χ2n) is 3.00. The summed E-state index contributed by atoms with van der Waals surface area (Å²) in [4.78, 5) is 20.6. The van der Waals surface area contributed by atoms with Gasteiger partial charge in [-0.05, 0) is 13.8 Å². The number of hydrogen-bond donors (Lipinski definition) is 1. The highest BCUT2D eigenvalue weighted by Crippen LogP contribution is 2.26. The molecule has 16 heavy (non-hydrogen) atoms. The number of nitrogens with zero attached hydrogens (tertiary/aromatic N) is 3. The molecule has 0 bridgehead atoms. The van der Waals surface area contributed by atoms with E-state index in [1.807, 2.05) is 0 Å². The van der Waals surface area contributed by atoms with Gasteiger partial charge in [0.2, 0.25) is 0 Å². The Hall–Kier alpha value is -2.12. The maximum absolute atomic E-state index is 10.7. The van der Waals surface area contributed by atoms with Gasteiger partial charge in [0.05, 0.1) is 11.5 Å². The first-order valence-electron chi connectivity index (χ1n) is 4.56. The number of rotatable bonds is 5. The molecule has 0 spiro atoms. The van der Waals surface area contributed by atoms with Crippen molar-refractivity contribution < 1.29 is 19.6 Å². The van der Waals surface area contributed by atoms with Gasteiger partial charge in [-0.2, -0.15) is 0 Å². The van der Waals surface area contributed by atoms with Crippen molar-refractivity contribution in [3.8, 4) is 5.88 Å². The van der Waals surface area contributed by atoms with Gasteiger partial charge in [-0.1, -0.05) is 0 Å². The van der Waals surface area contributed by atoms with Gasteiger partial charge < -0.3 is 9.84 Å². The maximum Gasteiger partial charge on any atom is 0.350 e. The van der Waals surface area contributed by atoms with E-state index >= 15 is 0 Å². The van der Waals surface area contributed by atoms with Gasteiger partial charge >= 0.3 is 17.5 Å². The summed E-state index contributed by atoms with van der Waals surface area (Å²) in [5.74, 6) is -1.29. The summed E-state index contributed by atoms with van der Waals surface area (Å²) in [6.45, 7) is 3.25. The standard InChI is InChI=1S/C8H11N3O5/c1-3-16-7-6(11(14)15)4-10(9-7)5(2)8(12)13/h4-5H,3H2,1-2H3,(H,12,13)/t5-/m0/s1. The van der Waals surface area contributed by atoms with Gasteiger partial charge in [0.1, 0.15) is 12.2 Å². The lowest BCUT2D eigenvalue weighted by Crippen LogP contribution is -2.16. The number of nitro groups is 1. The van der Waals surface area contributed by atoms with Gasteiger partial charge in [0.25, 0.3) is 0 Å². The molecule has 1 N–H and O–H groups in total. The number of carbonyl (C=O) groups is 1. The van der Waals surface area contributed by atoms with Crippen LogP contribution in [-0.2, 0) is 4.79 Å². The average molecular weight is 229 g/mol. The molecular weight excluding hydrogens is 218 g/mol. The highest BCUT2D eigenvalue weighted by Gasteiger charge is 2.25. The Morgan fingerprint density at radius 1 is 1.81 bits per heavy atom. The zero-order valence-electron chi connectivity index (χ0n) is 8.78. The summed E-state index contributed by atoms with van der Waals surface area (Å²) in [5, 5.41) is 23.1. The Balaban J connectivity index is 3.10. The first-order chi connectivity index (χ1) is 7.47. The van der Waals surface area contributed by atoms with E-state index in [0.717, 1.165) is 10.9 Å². The lowest BCUT2D eigenvalue weighted by atomic mass is 10.3. The monoisotopic (exact) mass is 229 g/mol. The first kappa shape index (κ1) is 12.0. The lowest BCUT2D eigenvalue weighted by Gasteiger charge is -2.04. The molecule has 1 aromatic heterocycles. The minimum absolute atomic E-state index is 0.166. The van der Waals surface area contributed by atoms with Crippen LogP contribution in [0.2, 0.25) is 0 Å². The summed E-state index contributed by atoms with van der Waals surface area (Å²) in [5.41, 5.74) is -0.338. The SMILES string of the molecule is CCOc1nn([C@@H](C)C(=O)O)cc1[N+](=O)[O-]. The fraction of sp³-hybridized carbons (Fsp3) is 0.500. The maximum atomic E-state index is 10.7. The smallest absolute Gasteiger partial charge is 0.350 e. The van der Waals surface area contributed by atoms with Gasteiger partial charge in [0, 0.05) is 0 Å². The third-order valence-electron chi connectivity index (χ3n) is 1.91. The normalized spacial score (nSPS) is 12.1. The van der Waals surface area contributed by atoms with Crippen LogP contribution in [0.25, 0.3) is 0 Å². The number of hydrogen-bond acceptors (Lipinski definition) is 5. The van der Waals surface area contributed by atoms with E-state index in [-0.39, 0.29) is 18.2 Å². The molecule has 8 heteroatoms. The van der Waals surface area contributed by atoms with Crippen molar-refractivity contribution >= 4 is 11.7 Å². The number of aliphatic carboxylic acids is 1. The van der Waals surface area contributed by atoms with Crippen LogP contribution in [0.5, 0.6) is 5.88 Å². The predicted molar refractivity (Wildman–Crippen MR) is 52.4 cm³/mol. The molecule has 0 unspecified atom stereocenters. The van der Waals surface area contributed by atoms with Crippen molar-refractivity contribution in [3.63, 3.8) is 0 Å². The van der Waals surface area contributed by atoms with Crippen LogP contribution in [0, 0.1) is 10.1 Å². The zero-order chi connectivity index (χ0) is 12.3. The fourth-order valence-electron chi connectivity index (χ4n) is 1.04. The van der Waals surface area contributed by atoms with Crippen LogP contribution in [-0.4, -0.2) is 32.4 Å². The van der Waals surface area contributed by atoms with Gasteiger partial charge in [-0.25, -0.2) is 9.48 Å². The van der Waals surface area contributed by atoms with Crippen LogP contribution in [0.15, 0.2) is 6.20 Å². The first-order valence-corrected chi connectivity index (χ1v) is 4.56. The van der Waals surface area contributed by atoms with Gasteiger partial charge in [0.15, 0.2) is 0 Å². The van der Waals surface area contributed by atoms with E-state index in [0.29, 0.717) is 0 Å². The number of carboxylic acids is 1. The molecule has 0 saturated carbocycles. The second-order valence-corrected chi connectivity index (χ2v) is 3.00. The molecule has 0 radical (unpaired) electrons. The molecule has 0 aliphatic carbocycles. The van der Waals surface area contributed by atoms with Crippen molar-refractivity contribution in [2.75, 3.05) is 6.61 Å². The molecule has 0 saturated heterocycles. The van der Waals surface area contributed by atoms with Gasteiger partial charge in [-0.3, -0.25) is 10.1 Å². The molecule has 1 atom stereocenters. The zero-order valence-corrected chi connectivity index (χ0v) is 8.78.